The molecule has 3 rings (SSSR count). The molecule has 0 atom stereocenters. The van der Waals surface area contributed by atoms with Gasteiger partial charge in [0, 0.05) is 6.07 Å². The van der Waals surface area contributed by atoms with Crippen molar-refractivity contribution in [2.24, 2.45) is 0 Å². The third-order valence-electron chi connectivity index (χ3n) is 3.64. The summed E-state index contributed by atoms with van der Waals surface area (Å²) in [6.45, 7) is 1.36. The molecule has 1 heterocycles. The van der Waals surface area contributed by atoms with E-state index < -0.39 is 18.5 Å². The molecular formula is C20H17FN2O5. The Balaban J connectivity index is 1.57. The molecule has 0 spiro atoms. The zero-order chi connectivity index (χ0) is 19.9. The second-order valence-corrected chi connectivity index (χ2v) is 5.87. The largest absolute Gasteiger partial charge is 0.488 e. The van der Waals surface area contributed by atoms with E-state index in [1.54, 1.807) is 37.3 Å². The highest BCUT2D eigenvalue weighted by atomic mass is 19.1. The number of para-hydroxylation sites is 1. The van der Waals surface area contributed by atoms with Crippen LogP contribution in [0, 0.1) is 12.7 Å². The lowest BCUT2D eigenvalue weighted by molar-refractivity contribution is -0.119. The molecule has 8 heteroatoms. The molecule has 0 aliphatic heterocycles. The molecule has 0 saturated carbocycles. The number of aromatic nitrogens is 1. The molecule has 1 N–H and O–H groups in total. The lowest BCUT2D eigenvalue weighted by Gasteiger charge is -2.11. The molecule has 144 valence electrons. The van der Waals surface area contributed by atoms with E-state index in [0.717, 1.165) is 5.56 Å². The number of anilines is 1. The number of rotatable bonds is 7. The predicted octanol–water partition coefficient (Wildman–Crippen LogP) is 3.50. The molecule has 1 amide bonds. The lowest BCUT2D eigenvalue weighted by atomic mass is 10.2. The molecule has 0 fully saturated rings. The maximum Gasteiger partial charge on any atom is 0.342 e. The van der Waals surface area contributed by atoms with Crippen molar-refractivity contribution < 1.29 is 28.0 Å². The number of esters is 1. The molecule has 0 bridgehead atoms. The number of hydrogen-bond donors (Lipinski definition) is 1. The third kappa shape index (κ3) is 5.16. The molecule has 1 aromatic heterocycles. The van der Waals surface area contributed by atoms with Gasteiger partial charge in [-0.1, -0.05) is 29.4 Å². The van der Waals surface area contributed by atoms with Crippen LogP contribution >= 0.6 is 0 Å². The zero-order valence-electron chi connectivity index (χ0n) is 15.0. The molecule has 0 unspecified atom stereocenters. The summed E-state index contributed by atoms with van der Waals surface area (Å²) >= 11 is 0. The first-order chi connectivity index (χ1) is 13.5. The predicted molar refractivity (Wildman–Crippen MR) is 97.3 cm³/mol. The third-order valence-corrected chi connectivity index (χ3v) is 3.64. The fourth-order valence-corrected chi connectivity index (χ4v) is 2.31. The van der Waals surface area contributed by atoms with Crippen molar-refractivity contribution in [3.8, 4) is 5.75 Å². The van der Waals surface area contributed by atoms with Crippen LogP contribution in [0.1, 0.15) is 21.6 Å². The minimum absolute atomic E-state index is 0.149. The number of halogens is 1. The molecule has 28 heavy (non-hydrogen) atoms. The van der Waals surface area contributed by atoms with E-state index in [0.29, 0.717) is 11.4 Å². The van der Waals surface area contributed by atoms with Gasteiger partial charge in [0.2, 0.25) is 5.88 Å². The van der Waals surface area contributed by atoms with Gasteiger partial charge in [0.05, 0.1) is 5.69 Å². The van der Waals surface area contributed by atoms with E-state index in [-0.39, 0.29) is 23.9 Å². The van der Waals surface area contributed by atoms with Crippen LogP contribution in [0.4, 0.5) is 10.3 Å². The lowest BCUT2D eigenvalue weighted by Crippen LogP contribution is -2.21. The fourth-order valence-electron chi connectivity index (χ4n) is 2.31. The van der Waals surface area contributed by atoms with Gasteiger partial charge in [-0.05, 0) is 36.8 Å². The Bertz CT molecular complexity index is 969. The summed E-state index contributed by atoms with van der Waals surface area (Å²) in [5, 5.41) is 6.07. The first kappa shape index (κ1) is 19.1. The van der Waals surface area contributed by atoms with Crippen LogP contribution in [0.3, 0.4) is 0 Å². The van der Waals surface area contributed by atoms with Crippen molar-refractivity contribution in [3.05, 3.63) is 77.2 Å². The van der Waals surface area contributed by atoms with Gasteiger partial charge < -0.3 is 14.0 Å². The normalized spacial score (nSPS) is 10.4. The number of carbonyl (C=O) groups excluding carboxylic acids is 2. The van der Waals surface area contributed by atoms with Crippen molar-refractivity contribution in [3.63, 3.8) is 0 Å². The average Bonchev–Trinajstić information content (AvgIpc) is 3.10. The Morgan fingerprint density at radius 1 is 1.14 bits per heavy atom. The number of aryl methyl sites for hydroxylation is 1. The van der Waals surface area contributed by atoms with Gasteiger partial charge in [-0.25, -0.2) is 9.18 Å². The van der Waals surface area contributed by atoms with Gasteiger partial charge in [0.1, 0.15) is 23.7 Å². The molecule has 7 nitrogen and oxygen atoms in total. The maximum atomic E-state index is 13.0. The van der Waals surface area contributed by atoms with Gasteiger partial charge in [0.25, 0.3) is 5.91 Å². The first-order valence-corrected chi connectivity index (χ1v) is 8.38. The van der Waals surface area contributed by atoms with Gasteiger partial charge >= 0.3 is 5.97 Å². The number of hydrogen-bond acceptors (Lipinski definition) is 6. The summed E-state index contributed by atoms with van der Waals surface area (Å²) in [6, 6.07) is 13.9. The molecule has 2 aromatic carbocycles. The van der Waals surface area contributed by atoms with Gasteiger partial charge in [-0.3, -0.25) is 10.1 Å². The van der Waals surface area contributed by atoms with Gasteiger partial charge in [0.15, 0.2) is 6.61 Å². The van der Waals surface area contributed by atoms with Crippen LogP contribution < -0.4 is 10.1 Å². The molecule has 0 aliphatic rings. The molecule has 0 saturated heterocycles. The summed E-state index contributed by atoms with van der Waals surface area (Å²) in [6.07, 6.45) is 0. The number of ether oxygens (including phenoxy) is 2. The number of amides is 1. The van der Waals surface area contributed by atoms with E-state index in [1.807, 2.05) is 0 Å². The summed E-state index contributed by atoms with van der Waals surface area (Å²) in [7, 11) is 0. The maximum absolute atomic E-state index is 13.0. The summed E-state index contributed by atoms with van der Waals surface area (Å²) in [5.74, 6) is -1.15. The van der Waals surface area contributed by atoms with E-state index in [2.05, 4.69) is 10.5 Å². The van der Waals surface area contributed by atoms with Gasteiger partial charge in [-0.15, -0.1) is 0 Å². The van der Waals surface area contributed by atoms with Crippen molar-refractivity contribution in [2.45, 2.75) is 13.5 Å². The first-order valence-electron chi connectivity index (χ1n) is 8.38. The minimum Gasteiger partial charge on any atom is -0.488 e. The standard InChI is InChI=1S/C20H17FN2O5/c1-13-10-19(28-23-13)22-18(24)12-27-20(25)16-4-2-3-5-17(16)26-11-14-6-8-15(21)9-7-14/h2-10H,11-12H2,1H3,(H,22,24). The Hall–Kier alpha value is -3.68. The highest BCUT2D eigenvalue weighted by molar-refractivity contribution is 5.96. The van der Waals surface area contributed by atoms with Crippen molar-refractivity contribution >= 4 is 17.8 Å². The Morgan fingerprint density at radius 2 is 1.89 bits per heavy atom. The highest BCUT2D eigenvalue weighted by Gasteiger charge is 2.16. The number of carbonyl (C=O) groups is 2. The van der Waals surface area contributed by atoms with E-state index in [1.165, 1.54) is 24.3 Å². The van der Waals surface area contributed by atoms with Crippen LogP contribution in [-0.2, 0) is 16.1 Å². The van der Waals surface area contributed by atoms with Crippen molar-refractivity contribution in [1.29, 1.82) is 0 Å². The summed E-state index contributed by atoms with van der Waals surface area (Å²) in [5.41, 5.74) is 1.53. The molecule has 0 radical (unpaired) electrons. The molecule has 0 aliphatic carbocycles. The van der Waals surface area contributed by atoms with Crippen LogP contribution in [0.2, 0.25) is 0 Å². The Labute approximate surface area is 160 Å². The highest BCUT2D eigenvalue weighted by Crippen LogP contribution is 2.20. The van der Waals surface area contributed by atoms with Crippen LogP contribution in [0.25, 0.3) is 0 Å². The second kappa shape index (κ2) is 8.81. The zero-order valence-corrected chi connectivity index (χ0v) is 15.0. The van der Waals surface area contributed by atoms with Crippen molar-refractivity contribution in [1.82, 2.24) is 5.16 Å². The fraction of sp³-hybridized carbons (Fsp3) is 0.150. The van der Waals surface area contributed by atoms with E-state index in [9.17, 15) is 14.0 Å². The average molecular weight is 384 g/mol. The number of nitrogens with zero attached hydrogens (tertiary/aromatic N) is 1. The second-order valence-electron chi connectivity index (χ2n) is 5.87. The van der Waals surface area contributed by atoms with Crippen LogP contribution in [0.5, 0.6) is 5.75 Å². The van der Waals surface area contributed by atoms with E-state index >= 15 is 0 Å². The topological polar surface area (TPSA) is 90.7 Å². The molecule has 3 aromatic rings. The molecular weight excluding hydrogens is 367 g/mol. The van der Waals surface area contributed by atoms with Crippen LogP contribution in [-0.4, -0.2) is 23.6 Å². The summed E-state index contributed by atoms with van der Waals surface area (Å²) in [4.78, 5) is 24.2. The van der Waals surface area contributed by atoms with E-state index in [4.69, 9.17) is 14.0 Å². The SMILES string of the molecule is Cc1cc(NC(=O)COC(=O)c2ccccc2OCc2ccc(F)cc2)on1. The van der Waals surface area contributed by atoms with Crippen LogP contribution in [0.15, 0.2) is 59.1 Å². The quantitative estimate of drug-likeness (QED) is 0.627. The Morgan fingerprint density at radius 3 is 2.61 bits per heavy atom. The Kier molecular flexibility index (Phi) is 6.01. The number of nitrogens with one attached hydrogen (secondary N) is 1. The van der Waals surface area contributed by atoms with Crippen molar-refractivity contribution in [2.75, 3.05) is 11.9 Å². The summed E-state index contributed by atoms with van der Waals surface area (Å²) < 4.78 is 28.5. The smallest absolute Gasteiger partial charge is 0.342 e. The number of benzene rings is 2. The minimum atomic E-state index is -0.710. The monoisotopic (exact) mass is 384 g/mol. The van der Waals surface area contributed by atoms with Gasteiger partial charge in [-0.2, -0.15) is 0 Å².